The summed E-state index contributed by atoms with van der Waals surface area (Å²) in [5.41, 5.74) is -2.31. The molecule has 6 rings (SSSR count). The van der Waals surface area contributed by atoms with Crippen molar-refractivity contribution in [1.29, 1.82) is 0 Å². The van der Waals surface area contributed by atoms with Crippen LogP contribution < -0.4 is 0 Å². The molecule has 6 aliphatic rings. The first kappa shape index (κ1) is 35.2. The predicted molar refractivity (Wildman–Crippen MR) is 168 cm³/mol. The van der Waals surface area contributed by atoms with Crippen molar-refractivity contribution >= 4 is 11.9 Å². The average molecular weight is 665 g/mol. The number of aliphatic hydroxyl groups is 6. The first-order valence-corrected chi connectivity index (χ1v) is 17.6. The number of rotatable bonds is 4. The Kier molecular flexibility index (Phi) is 8.40. The average Bonchev–Trinajstić information content (AvgIpc) is 3.00. The van der Waals surface area contributed by atoms with Gasteiger partial charge >= 0.3 is 11.9 Å². The number of esters is 1. The van der Waals surface area contributed by atoms with Crippen molar-refractivity contribution in [3.8, 4) is 0 Å². The molecule has 11 heteroatoms. The molecule has 5 aliphatic carbocycles. The lowest BCUT2D eigenvalue weighted by Crippen LogP contribution is -2.69. The summed E-state index contributed by atoms with van der Waals surface area (Å²) in [6, 6.07) is 0. The number of allylic oxidation sites excluding steroid dienone is 2. The maximum absolute atomic E-state index is 14.4. The quantitative estimate of drug-likeness (QED) is 0.172. The van der Waals surface area contributed by atoms with E-state index in [0.717, 1.165) is 19.3 Å². The van der Waals surface area contributed by atoms with E-state index in [4.69, 9.17) is 9.47 Å². The van der Waals surface area contributed by atoms with Gasteiger partial charge in [-0.05, 0) is 104 Å². The first-order valence-electron chi connectivity index (χ1n) is 17.6. The number of aliphatic carboxylic acids is 1. The number of carboxylic acids is 1. The molecule has 1 heterocycles. The fourth-order valence-electron chi connectivity index (χ4n) is 12.1. The van der Waals surface area contributed by atoms with Crippen LogP contribution in [0.2, 0.25) is 0 Å². The second kappa shape index (κ2) is 11.2. The van der Waals surface area contributed by atoms with E-state index in [1.54, 1.807) is 6.92 Å². The predicted octanol–water partition coefficient (Wildman–Crippen LogP) is 2.53. The van der Waals surface area contributed by atoms with Crippen molar-refractivity contribution in [2.45, 2.75) is 142 Å². The zero-order chi connectivity index (χ0) is 34.7. The van der Waals surface area contributed by atoms with Gasteiger partial charge in [-0.25, -0.2) is 0 Å². The maximum Gasteiger partial charge on any atom is 0.315 e. The van der Waals surface area contributed by atoms with Gasteiger partial charge in [0.2, 0.25) is 6.29 Å². The minimum Gasteiger partial charge on any atom is -0.481 e. The summed E-state index contributed by atoms with van der Waals surface area (Å²) >= 11 is 0. The van der Waals surface area contributed by atoms with E-state index in [1.165, 1.54) is 5.57 Å². The van der Waals surface area contributed by atoms with Crippen molar-refractivity contribution < 1.29 is 54.8 Å². The van der Waals surface area contributed by atoms with Crippen molar-refractivity contribution in [2.24, 2.45) is 50.2 Å². The molecule has 0 spiro atoms. The lowest BCUT2D eigenvalue weighted by Gasteiger charge is -2.71. The molecule has 4 saturated carbocycles. The second-order valence-corrected chi connectivity index (χ2v) is 17.8. The van der Waals surface area contributed by atoms with Crippen LogP contribution >= 0.6 is 0 Å². The van der Waals surface area contributed by atoms with Crippen LogP contribution in [0.25, 0.3) is 0 Å². The van der Waals surface area contributed by atoms with Gasteiger partial charge in [0.15, 0.2) is 0 Å². The third-order valence-corrected chi connectivity index (χ3v) is 15.2. The van der Waals surface area contributed by atoms with Crippen molar-refractivity contribution in [3.05, 3.63) is 11.6 Å². The minimum absolute atomic E-state index is 0.0495. The summed E-state index contributed by atoms with van der Waals surface area (Å²) in [4.78, 5) is 27.1. The van der Waals surface area contributed by atoms with E-state index in [0.29, 0.717) is 38.5 Å². The Balaban J connectivity index is 1.37. The number of hydrogen-bond donors (Lipinski definition) is 7. The van der Waals surface area contributed by atoms with Gasteiger partial charge in [-0.3, -0.25) is 9.59 Å². The minimum atomic E-state index is -1.68. The Morgan fingerprint density at radius 2 is 1.53 bits per heavy atom. The third kappa shape index (κ3) is 4.69. The summed E-state index contributed by atoms with van der Waals surface area (Å²) in [7, 11) is 0. The Labute approximate surface area is 277 Å². The van der Waals surface area contributed by atoms with Crippen LogP contribution in [0.3, 0.4) is 0 Å². The number of carbonyl (C=O) groups is 2. The topological polar surface area (TPSA) is 194 Å². The molecule has 0 aromatic heterocycles. The van der Waals surface area contributed by atoms with Gasteiger partial charge in [0.05, 0.1) is 29.6 Å². The summed E-state index contributed by atoms with van der Waals surface area (Å²) in [5, 5.41) is 73.5. The van der Waals surface area contributed by atoms with Gasteiger partial charge < -0.3 is 45.2 Å². The summed E-state index contributed by atoms with van der Waals surface area (Å²) in [5.74, 6) is -2.00. The van der Waals surface area contributed by atoms with Gasteiger partial charge in [-0.2, -0.15) is 0 Å². The Morgan fingerprint density at radius 3 is 2.17 bits per heavy atom. The Morgan fingerprint density at radius 1 is 0.872 bits per heavy atom. The number of aliphatic hydroxyl groups excluding tert-OH is 6. The normalized spacial score (nSPS) is 53.7. The van der Waals surface area contributed by atoms with Crippen molar-refractivity contribution in [2.75, 3.05) is 6.61 Å². The molecule has 0 amide bonds. The van der Waals surface area contributed by atoms with E-state index in [2.05, 4.69) is 40.7 Å². The van der Waals surface area contributed by atoms with E-state index in [9.17, 15) is 45.3 Å². The van der Waals surface area contributed by atoms with Crippen LogP contribution in [0.5, 0.6) is 0 Å². The lowest BCUT2D eigenvalue weighted by molar-refractivity contribution is -0.297. The number of hydrogen-bond acceptors (Lipinski definition) is 10. The summed E-state index contributed by atoms with van der Waals surface area (Å²) < 4.78 is 11.5. The summed E-state index contributed by atoms with van der Waals surface area (Å²) in [6.07, 6.45) is -2.08. The van der Waals surface area contributed by atoms with Crippen LogP contribution in [-0.2, 0) is 19.1 Å². The molecule has 0 aromatic carbocycles. The molecule has 1 saturated heterocycles. The number of carbonyl (C=O) groups excluding carboxylic acids is 1. The summed E-state index contributed by atoms with van der Waals surface area (Å²) in [6.45, 7) is 12.1. The molecule has 7 N–H and O–H groups in total. The zero-order valence-corrected chi connectivity index (χ0v) is 28.7. The molecule has 11 nitrogen and oxygen atoms in total. The molecule has 266 valence electrons. The molecule has 0 radical (unpaired) electrons. The van der Waals surface area contributed by atoms with Gasteiger partial charge in [0.25, 0.3) is 0 Å². The van der Waals surface area contributed by atoms with Gasteiger partial charge in [-0.15, -0.1) is 0 Å². The van der Waals surface area contributed by atoms with Crippen LogP contribution in [0.1, 0.15) is 99.3 Å². The monoisotopic (exact) mass is 664 g/mol. The SMILES string of the molecule is CC1(C)CC[C@]2(C(=O)O[C@@H]3O[C@H](CO)[C@@H](O)[C@H](O)[C@H]3O)CC[C@]3(C)C(=CC[C@@H]4[C@@]5(C)C[C@@H](O)[C@H](O)C(C)(C(=O)O)C5CC[C@]43C)[C@H]2C1. The highest BCUT2D eigenvalue weighted by Gasteiger charge is 2.72. The van der Waals surface area contributed by atoms with E-state index < -0.39 is 77.7 Å². The lowest BCUT2D eigenvalue weighted by atomic mass is 9.33. The zero-order valence-electron chi connectivity index (χ0n) is 28.7. The largest absolute Gasteiger partial charge is 0.481 e. The van der Waals surface area contributed by atoms with E-state index in [-0.39, 0.29) is 34.0 Å². The van der Waals surface area contributed by atoms with Crippen LogP contribution in [0.15, 0.2) is 11.6 Å². The molecule has 15 atom stereocenters. The number of fused-ring (bicyclic) bond motifs is 7. The number of ether oxygens (including phenoxy) is 2. The van der Waals surface area contributed by atoms with Gasteiger partial charge in [0.1, 0.15) is 24.4 Å². The molecule has 1 aliphatic heterocycles. The molecule has 5 fully saturated rings. The Hall–Kier alpha value is -1.60. The van der Waals surface area contributed by atoms with Crippen LogP contribution in [-0.4, -0.2) is 97.2 Å². The molecule has 0 bridgehead atoms. The highest BCUT2D eigenvalue weighted by molar-refractivity contribution is 5.79. The highest BCUT2D eigenvalue weighted by Crippen LogP contribution is 2.76. The van der Waals surface area contributed by atoms with Crippen LogP contribution in [0, 0.1) is 50.2 Å². The van der Waals surface area contributed by atoms with Gasteiger partial charge in [-0.1, -0.05) is 46.3 Å². The number of carboxylic acid groups (broad SMARTS) is 1. The fourth-order valence-corrected chi connectivity index (χ4v) is 12.1. The van der Waals surface area contributed by atoms with Gasteiger partial charge in [0, 0.05) is 0 Å². The van der Waals surface area contributed by atoms with Crippen LogP contribution in [0.4, 0.5) is 0 Å². The van der Waals surface area contributed by atoms with Crippen molar-refractivity contribution in [1.82, 2.24) is 0 Å². The van der Waals surface area contributed by atoms with Crippen molar-refractivity contribution in [3.63, 3.8) is 0 Å². The smallest absolute Gasteiger partial charge is 0.315 e. The van der Waals surface area contributed by atoms with E-state index in [1.807, 2.05) is 0 Å². The molecule has 2 unspecified atom stereocenters. The maximum atomic E-state index is 14.4. The van der Waals surface area contributed by atoms with E-state index >= 15 is 0 Å². The first-order chi connectivity index (χ1) is 21.7. The fraction of sp³-hybridized carbons (Fsp3) is 0.889. The second-order valence-electron chi connectivity index (χ2n) is 17.8. The molecular weight excluding hydrogens is 608 g/mol. The standard InChI is InChI=1S/C36H56O11/c1-31(2)11-13-36(30(45)47-28-26(41)25(40)24(39)21(17-37)46-28)14-12-33(4)18(19(36)15-31)7-8-22-32(3)16-20(38)27(42)35(6,29(43)44)23(32)9-10-34(22,33)5/h7,19-28,37-42H,8-17H2,1-6H3,(H,43,44)/t19-,20-,21-,22-,23?,24-,25+,26-,27+,28+,32-,33-,34-,35?,36+/m1/s1. The molecule has 0 aromatic rings. The third-order valence-electron chi connectivity index (χ3n) is 15.2. The highest BCUT2D eigenvalue weighted by atomic mass is 16.7. The Bertz CT molecular complexity index is 1310. The molecule has 47 heavy (non-hydrogen) atoms. The molecular formula is C36H56O11.